The summed E-state index contributed by atoms with van der Waals surface area (Å²) in [5.74, 6) is 1.81. The molecule has 0 radical (unpaired) electrons. The Morgan fingerprint density at radius 3 is 0.685 bits per heavy atom. The number of ether oxygens (including phenoxy) is 2. The van der Waals surface area contributed by atoms with E-state index in [1.807, 2.05) is 0 Å². The summed E-state index contributed by atoms with van der Waals surface area (Å²) in [4.78, 5) is 0. The van der Waals surface area contributed by atoms with E-state index in [9.17, 15) is 0 Å². The fraction of sp³-hybridized carbons (Fsp3) is 0.133. The van der Waals surface area contributed by atoms with Crippen LogP contribution in [0.1, 0.15) is 76.6 Å². The molecule has 2 aliphatic carbocycles. The van der Waals surface area contributed by atoms with Crippen molar-refractivity contribution >= 4 is 64.6 Å². The van der Waals surface area contributed by atoms with Gasteiger partial charge in [0.05, 0.1) is 13.2 Å². The maximum Gasteiger partial charge on any atom is 0.119 e. The molecule has 442 valence electrons. The van der Waals surface area contributed by atoms with Gasteiger partial charge < -0.3 is 9.47 Å². The van der Waals surface area contributed by atoms with Gasteiger partial charge >= 0.3 is 0 Å². The first-order valence-corrected chi connectivity index (χ1v) is 33.0. The Balaban J connectivity index is 0.729. The second kappa shape index (κ2) is 21.6. The summed E-state index contributed by atoms with van der Waals surface area (Å²) in [7, 11) is 0. The first kappa shape index (κ1) is 55.5. The standard InChI is InChI=1S/C90H70O2/c1-7-49-91-61-41-33-55(34-42-61)83-67-21-9-11-23-69(67)85(70-24-12-10-22-68(70)83)59-39-47-65-63-45-37-57(51-79(63)89(3,4)81(65)53-59)58-38-46-64-66-48-40-60(54-82(66)90(5,6)80(64)52-58)86-73-27-15-19-31-77(73)88(78-32-20-16-28-74(78)86)87-75-29-17-13-25-71(75)84(72-26-14-18-30-76(72)87)56-35-43-62(44-36-56)92-50-8-2/h9-48,51-54H,7-8,49-50H2,1-6H3. The lowest BCUT2D eigenvalue weighted by atomic mass is 9.78. The average molecular weight is 1180 g/mol. The highest BCUT2D eigenvalue weighted by Crippen LogP contribution is 2.56. The summed E-state index contributed by atoms with van der Waals surface area (Å²) in [5.41, 5.74) is 25.2. The van der Waals surface area contributed by atoms with Crippen LogP contribution in [0, 0.1) is 0 Å². The number of hydrogen-bond donors (Lipinski definition) is 0. The van der Waals surface area contributed by atoms with Crippen LogP contribution >= 0.6 is 0 Å². The second-order valence-corrected chi connectivity index (χ2v) is 26.6. The molecular weight excluding hydrogens is 1110 g/mol. The normalized spacial score (nSPS) is 13.5. The third kappa shape index (κ3) is 8.53. The molecule has 0 heterocycles. The topological polar surface area (TPSA) is 18.5 Å². The summed E-state index contributed by atoms with van der Waals surface area (Å²) in [6.45, 7) is 15.4. The largest absolute Gasteiger partial charge is 0.494 e. The van der Waals surface area contributed by atoms with Crippen molar-refractivity contribution in [3.05, 3.63) is 289 Å². The lowest BCUT2D eigenvalue weighted by Gasteiger charge is -2.24. The van der Waals surface area contributed by atoms with E-state index in [1.165, 1.54) is 176 Å². The summed E-state index contributed by atoms with van der Waals surface area (Å²) in [6.07, 6.45) is 1.96. The molecule has 0 fully saturated rings. The minimum absolute atomic E-state index is 0.234. The van der Waals surface area contributed by atoms with Gasteiger partial charge in [-0.15, -0.1) is 0 Å². The molecule has 0 saturated heterocycles. The molecule has 0 spiro atoms. The quantitative estimate of drug-likeness (QED) is 0.114. The molecule has 0 unspecified atom stereocenters. The van der Waals surface area contributed by atoms with Gasteiger partial charge in [-0.2, -0.15) is 0 Å². The third-order valence-corrected chi connectivity index (χ3v) is 20.5. The third-order valence-electron chi connectivity index (χ3n) is 20.5. The van der Waals surface area contributed by atoms with Crippen LogP contribution in [0.15, 0.2) is 267 Å². The molecule has 0 N–H and O–H groups in total. The van der Waals surface area contributed by atoms with E-state index >= 15 is 0 Å². The fourth-order valence-electron chi connectivity index (χ4n) is 16.2. The number of benzene rings is 15. The van der Waals surface area contributed by atoms with Gasteiger partial charge in [0.25, 0.3) is 0 Å². The van der Waals surface area contributed by atoms with Crippen LogP contribution < -0.4 is 9.47 Å². The van der Waals surface area contributed by atoms with Gasteiger partial charge in [-0.25, -0.2) is 0 Å². The van der Waals surface area contributed by atoms with Gasteiger partial charge in [-0.05, 0) is 237 Å². The van der Waals surface area contributed by atoms with Gasteiger partial charge in [0.1, 0.15) is 11.5 Å². The molecule has 15 aromatic rings. The Bertz CT molecular complexity index is 5350. The summed E-state index contributed by atoms with van der Waals surface area (Å²) in [5, 5.41) is 15.0. The van der Waals surface area contributed by atoms with Gasteiger partial charge in [0.2, 0.25) is 0 Å². The lowest BCUT2D eigenvalue weighted by molar-refractivity contribution is 0.317. The molecule has 0 saturated carbocycles. The van der Waals surface area contributed by atoms with Crippen LogP contribution in [-0.4, -0.2) is 13.2 Å². The van der Waals surface area contributed by atoms with Gasteiger partial charge in [0, 0.05) is 10.8 Å². The molecule has 2 nitrogen and oxygen atoms in total. The Morgan fingerprint density at radius 2 is 0.435 bits per heavy atom. The molecule has 92 heavy (non-hydrogen) atoms. The van der Waals surface area contributed by atoms with Crippen molar-refractivity contribution in [1.29, 1.82) is 0 Å². The predicted molar refractivity (Wildman–Crippen MR) is 391 cm³/mol. The molecule has 2 heteroatoms. The van der Waals surface area contributed by atoms with Gasteiger partial charge in [0.15, 0.2) is 0 Å². The minimum Gasteiger partial charge on any atom is -0.494 e. The molecule has 0 aliphatic heterocycles. The molecule has 2 aliphatic rings. The zero-order valence-electron chi connectivity index (χ0n) is 53.0. The van der Waals surface area contributed by atoms with E-state index in [2.05, 4.69) is 308 Å². The molecular formula is C90H70O2. The Morgan fingerprint density at radius 1 is 0.228 bits per heavy atom. The van der Waals surface area contributed by atoms with Crippen molar-refractivity contribution in [3.63, 3.8) is 0 Å². The van der Waals surface area contributed by atoms with Crippen LogP contribution in [0.25, 0.3) is 154 Å². The van der Waals surface area contributed by atoms with Crippen molar-refractivity contribution in [2.45, 2.75) is 65.2 Å². The molecule has 17 rings (SSSR count). The average Bonchev–Trinajstić information content (AvgIpc) is 1.06. The predicted octanol–water partition coefficient (Wildman–Crippen LogP) is 24.8. The summed E-state index contributed by atoms with van der Waals surface area (Å²) < 4.78 is 12.1. The van der Waals surface area contributed by atoms with E-state index in [4.69, 9.17) is 9.47 Å². The van der Waals surface area contributed by atoms with Crippen LogP contribution in [0.5, 0.6) is 11.5 Å². The summed E-state index contributed by atoms with van der Waals surface area (Å²) >= 11 is 0. The molecule has 0 bridgehead atoms. The Hall–Kier alpha value is -10.5. The zero-order valence-corrected chi connectivity index (χ0v) is 53.0. The minimum atomic E-state index is -0.256. The van der Waals surface area contributed by atoms with Crippen LogP contribution in [0.3, 0.4) is 0 Å². The monoisotopic (exact) mass is 1180 g/mol. The van der Waals surface area contributed by atoms with E-state index in [0.29, 0.717) is 13.2 Å². The molecule has 15 aromatic carbocycles. The zero-order chi connectivity index (χ0) is 62.0. The van der Waals surface area contributed by atoms with E-state index < -0.39 is 0 Å². The highest BCUT2D eigenvalue weighted by Gasteiger charge is 2.39. The smallest absolute Gasteiger partial charge is 0.119 e. The second-order valence-electron chi connectivity index (χ2n) is 26.6. The molecule has 0 amide bonds. The van der Waals surface area contributed by atoms with Crippen LogP contribution in [0.2, 0.25) is 0 Å². The van der Waals surface area contributed by atoms with Crippen molar-refractivity contribution in [2.24, 2.45) is 0 Å². The molecule has 0 atom stereocenters. The van der Waals surface area contributed by atoms with Crippen LogP contribution in [0.4, 0.5) is 0 Å². The van der Waals surface area contributed by atoms with Crippen LogP contribution in [-0.2, 0) is 10.8 Å². The van der Waals surface area contributed by atoms with E-state index in [-0.39, 0.29) is 10.8 Å². The highest BCUT2D eigenvalue weighted by atomic mass is 16.5. The first-order chi connectivity index (χ1) is 45.1. The van der Waals surface area contributed by atoms with Crippen molar-refractivity contribution in [1.82, 2.24) is 0 Å². The van der Waals surface area contributed by atoms with E-state index in [1.54, 1.807) is 0 Å². The van der Waals surface area contributed by atoms with Gasteiger partial charge in [-0.3, -0.25) is 0 Å². The first-order valence-electron chi connectivity index (χ1n) is 33.0. The van der Waals surface area contributed by atoms with Crippen molar-refractivity contribution in [2.75, 3.05) is 13.2 Å². The maximum atomic E-state index is 6.05. The van der Waals surface area contributed by atoms with Crippen molar-refractivity contribution in [3.8, 4) is 101 Å². The SMILES string of the molecule is CCCOc1ccc(-c2c3ccccc3c(-c3ccc4c(c3)C(C)(C)c3cc(-c5ccc6c(c5)C(C)(C)c5cc(-c7c8ccccc8c(-c8c9ccccc9c(-c9ccc(OCCC)cc9)c9ccccc89)c8ccccc78)ccc5-6)ccc3-4)c3ccccc23)cc1. The molecule has 0 aromatic heterocycles. The number of hydrogen-bond acceptors (Lipinski definition) is 2. The number of rotatable bonds is 12. The lowest BCUT2D eigenvalue weighted by Crippen LogP contribution is -2.15. The van der Waals surface area contributed by atoms with E-state index in [0.717, 1.165) is 24.3 Å². The van der Waals surface area contributed by atoms with Crippen molar-refractivity contribution < 1.29 is 9.47 Å². The highest BCUT2D eigenvalue weighted by molar-refractivity contribution is 6.30. The Kier molecular flexibility index (Phi) is 13.0. The number of fused-ring (bicyclic) bond motifs is 12. The summed E-state index contributed by atoms with van der Waals surface area (Å²) in [6, 6.07) is 101. The maximum absolute atomic E-state index is 6.05. The Labute approximate surface area is 539 Å². The fourth-order valence-corrected chi connectivity index (χ4v) is 16.2. The van der Waals surface area contributed by atoms with Gasteiger partial charge in [-0.1, -0.05) is 260 Å².